The van der Waals surface area contributed by atoms with E-state index in [0.717, 1.165) is 0 Å². The van der Waals surface area contributed by atoms with Crippen LogP contribution in [0.4, 0.5) is 0 Å². The first kappa shape index (κ1) is 15.7. The molecule has 0 fully saturated rings. The van der Waals surface area contributed by atoms with Crippen molar-refractivity contribution in [1.82, 2.24) is 0 Å². The van der Waals surface area contributed by atoms with Crippen molar-refractivity contribution in [1.29, 1.82) is 0 Å². The van der Waals surface area contributed by atoms with Crippen LogP contribution < -0.4 is 5.73 Å². The molecule has 0 aliphatic rings. The summed E-state index contributed by atoms with van der Waals surface area (Å²) in [5.74, 6) is -0.968. The van der Waals surface area contributed by atoms with Gasteiger partial charge in [-0.15, -0.1) is 0 Å². The van der Waals surface area contributed by atoms with E-state index in [2.05, 4.69) is 5.73 Å². The van der Waals surface area contributed by atoms with Crippen molar-refractivity contribution in [3.05, 3.63) is 0 Å². The van der Waals surface area contributed by atoms with Crippen molar-refractivity contribution >= 4 is 35.5 Å². The van der Waals surface area contributed by atoms with E-state index in [0.29, 0.717) is 0 Å². The number of rotatable bonds is 1. The van der Waals surface area contributed by atoms with Crippen LogP contribution in [0.1, 0.15) is 0 Å². The SMILES string of the molecule is NCC(=O)O.O.[NaH]. The Balaban J connectivity index is -0.0000000800. The van der Waals surface area contributed by atoms with E-state index >= 15 is 0 Å². The van der Waals surface area contributed by atoms with Gasteiger partial charge >= 0.3 is 35.5 Å². The molecule has 0 radical (unpaired) electrons. The van der Waals surface area contributed by atoms with E-state index in [4.69, 9.17) is 5.11 Å². The van der Waals surface area contributed by atoms with E-state index in [1.165, 1.54) is 0 Å². The Morgan fingerprint density at radius 3 is 1.86 bits per heavy atom. The Hall–Kier alpha value is 0.390. The van der Waals surface area contributed by atoms with Gasteiger partial charge in [0.1, 0.15) is 0 Å². The van der Waals surface area contributed by atoms with Gasteiger partial charge in [-0.25, -0.2) is 0 Å². The van der Waals surface area contributed by atoms with Gasteiger partial charge in [0.25, 0.3) is 0 Å². The Bertz CT molecular complexity index is 48.2. The second-order valence-corrected chi connectivity index (χ2v) is 0.598. The summed E-state index contributed by atoms with van der Waals surface area (Å²) < 4.78 is 0. The maximum atomic E-state index is 9.24. The van der Waals surface area contributed by atoms with Gasteiger partial charge in [-0.3, -0.25) is 4.79 Å². The summed E-state index contributed by atoms with van der Waals surface area (Å²) in [6.45, 7) is -0.278. The quantitative estimate of drug-likeness (QED) is 0.373. The van der Waals surface area contributed by atoms with Gasteiger partial charge in [-0.05, 0) is 0 Å². The van der Waals surface area contributed by atoms with Gasteiger partial charge in [0, 0.05) is 0 Å². The minimum absolute atomic E-state index is 0. The fourth-order valence-electron chi connectivity index (χ4n) is 0. The Morgan fingerprint density at radius 1 is 1.71 bits per heavy atom. The van der Waals surface area contributed by atoms with Crippen LogP contribution in [0.5, 0.6) is 0 Å². The molecule has 0 aliphatic heterocycles. The third kappa shape index (κ3) is 21.6. The average molecular weight is 117 g/mol. The Morgan fingerprint density at radius 2 is 1.86 bits per heavy atom. The van der Waals surface area contributed by atoms with Gasteiger partial charge in [0.05, 0.1) is 6.54 Å². The molecule has 40 valence electrons. The van der Waals surface area contributed by atoms with Gasteiger partial charge in [-0.2, -0.15) is 0 Å². The predicted octanol–water partition coefficient (Wildman–Crippen LogP) is -2.44. The average Bonchev–Trinajstić information content (AvgIpc) is 1.38. The maximum absolute atomic E-state index is 9.24. The molecule has 0 aromatic heterocycles. The van der Waals surface area contributed by atoms with Crippen LogP contribution in [-0.4, -0.2) is 52.7 Å². The topological polar surface area (TPSA) is 94.8 Å². The van der Waals surface area contributed by atoms with E-state index in [1.54, 1.807) is 0 Å². The van der Waals surface area contributed by atoms with Crippen molar-refractivity contribution in [3.8, 4) is 0 Å². The monoisotopic (exact) mass is 117 g/mol. The van der Waals surface area contributed by atoms with E-state index < -0.39 is 5.97 Å². The van der Waals surface area contributed by atoms with Crippen molar-refractivity contribution in [3.63, 3.8) is 0 Å². The number of hydrogen-bond donors (Lipinski definition) is 2. The summed E-state index contributed by atoms with van der Waals surface area (Å²) in [5.41, 5.74) is 4.57. The van der Waals surface area contributed by atoms with Crippen LogP contribution in [0.3, 0.4) is 0 Å². The molecule has 0 bridgehead atoms. The molecule has 0 rings (SSSR count). The van der Waals surface area contributed by atoms with Crippen LogP contribution in [0.15, 0.2) is 0 Å². The van der Waals surface area contributed by atoms with Crippen molar-refractivity contribution in [2.45, 2.75) is 0 Å². The minimum atomic E-state index is -0.968. The third-order valence-corrected chi connectivity index (χ3v) is 0.175. The molecule has 5 heteroatoms. The first-order valence-electron chi connectivity index (χ1n) is 1.19. The predicted molar refractivity (Wildman–Crippen MR) is 27.5 cm³/mol. The second kappa shape index (κ2) is 9.63. The first-order chi connectivity index (χ1) is 2.27. The van der Waals surface area contributed by atoms with Crippen LogP contribution in [0.25, 0.3) is 0 Å². The molecule has 0 saturated heterocycles. The molecule has 4 nitrogen and oxygen atoms in total. The van der Waals surface area contributed by atoms with Gasteiger partial charge in [0.15, 0.2) is 0 Å². The number of carboxylic acid groups (broad SMARTS) is 1. The number of hydrogen-bond acceptors (Lipinski definition) is 2. The molecule has 0 spiro atoms. The molecule has 0 heterocycles. The normalized spacial score (nSPS) is 5.29. The summed E-state index contributed by atoms with van der Waals surface area (Å²) in [5, 5.41) is 7.60. The molecule has 0 saturated carbocycles. The zero-order valence-electron chi connectivity index (χ0n) is 3.14. The van der Waals surface area contributed by atoms with Gasteiger partial charge in [-0.1, -0.05) is 0 Å². The number of nitrogens with two attached hydrogens (primary N) is 1. The molecule has 0 aromatic carbocycles. The molecular formula is C2H8NNaO3. The number of carboxylic acids is 1. The van der Waals surface area contributed by atoms with Crippen LogP contribution in [0.2, 0.25) is 0 Å². The van der Waals surface area contributed by atoms with Gasteiger partial charge < -0.3 is 16.3 Å². The standard InChI is InChI=1S/C2H5NO2.Na.H2O.H/c3-1-2(4)5;;;/h1,3H2,(H,4,5);;1H2;. The summed E-state index contributed by atoms with van der Waals surface area (Å²) in [4.78, 5) is 9.24. The molecule has 5 N–H and O–H groups in total. The molecule has 0 atom stereocenters. The molecule has 0 amide bonds. The zero-order chi connectivity index (χ0) is 4.28. The second-order valence-electron chi connectivity index (χ2n) is 0.598. The summed E-state index contributed by atoms with van der Waals surface area (Å²) >= 11 is 0. The fourth-order valence-corrected chi connectivity index (χ4v) is 0. The molecule has 0 unspecified atom stereocenters. The van der Waals surface area contributed by atoms with Crippen molar-refractivity contribution < 1.29 is 15.4 Å². The number of aliphatic carboxylic acids is 1. The third-order valence-electron chi connectivity index (χ3n) is 0.175. The molecule has 0 aliphatic carbocycles. The van der Waals surface area contributed by atoms with Gasteiger partial charge in [0.2, 0.25) is 0 Å². The van der Waals surface area contributed by atoms with E-state index in [1.807, 2.05) is 0 Å². The Labute approximate surface area is 63.3 Å². The summed E-state index contributed by atoms with van der Waals surface area (Å²) in [6, 6.07) is 0. The fraction of sp³-hybridized carbons (Fsp3) is 0.500. The van der Waals surface area contributed by atoms with Crippen LogP contribution >= 0.6 is 0 Å². The molecule has 0 aromatic rings. The van der Waals surface area contributed by atoms with Crippen molar-refractivity contribution in [2.75, 3.05) is 6.54 Å². The summed E-state index contributed by atoms with van der Waals surface area (Å²) in [7, 11) is 0. The van der Waals surface area contributed by atoms with Crippen LogP contribution in [0, 0.1) is 0 Å². The molecule has 7 heavy (non-hydrogen) atoms. The van der Waals surface area contributed by atoms with E-state index in [-0.39, 0.29) is 41.6 Å². The summed E-state index contributed by atoms with van der Waals surface area (Å²) in [6.07, 6.45) is 0. The van der Waals surface area contributed by atoms with E-state index in [9.17, 15) is 4.79 Å². The van der Waals surface area contributed by atoms with Crippen molar-refractivity contribution in [2.24, 2.45) is 5.73 Å². The van der Waals surface area contributed by atoms with Crippen LogP contribution in [-0.2, 0) is 4.79 Å². The zero-order valence-corrected chi connectivity index (χ0v) is 3.14. The molecular weight excluding hydrogens is 109 g/mol. The number of carbonyl (C=O) groups is 1. The first-order valence-corrected chi connectivity index (χ1v) is 1.19. The Kier molecular flexibility index (Phi) is 21.5.